The van der Waals surface area contributed by atoms with Crippen LogP contribution < -0.4 is 5.32 Å². The molecule has 2 aromatic carbocycles. The van der Waals surface area contributed by atoms with Crippen molar-refractivity contribution in [2.24, 2.45) is 0 Å². The molecule has 1 saturated heterocycles. The number of aromatic amines is 1. The Morgan fingerprint density at radius 1 is 1.18 bits per heavy atom. The maximum atomic E-state index is 14.5. The average Bonchev–Trinajstić information content (AvgIpc) is 3.31. The monoisotopic (exact) mass is 473 g/mol. The molecule has 33 heavy (non-hydrogen) atoms. The Hall–Kier alpha value is -3.15. The van der Waals surface area contributed by atoms with Crippen LogP contribution >= 0.6 is 0 Å². The van der Waals surface area contributed by atoms with Gasteiger partial charge >= 0.3 is 0 Å². The summed E-state index contributed by atoms with van der Waals surface area (Å²) in [6.07, 6.45) is 0. The zero-order valence-electron chi connectivity index (χ0n) is 18.2. The van der Waals surface area contributed by atoms with Crippen molar-refractivity contribution in [3.8, 4) is 11.4 Å². The molecule has 1 fully saturated rings. The highest BCUT2D eigenvalue weighted by Crippen LogP contribution is 2.27. The fourth-order valence-corrected chi connectivity index (χ4v) is 4.84. The maximum Gasteiger partial charge on any atom is 0.258 e. The molecule has 11 heteroatoms. The van der Waals surface area contributed by atoms with Crippen LogP contribution in [0.3, 0.4) is 0 Å². The number of rotatable bonds is 6. The predicted molar refractivity (Wildman–Crippen MR) is 120 cm³/mol. The van der Waals surface area contributed by atoms with Crippen LogP contribution in [0, 0.1) is 5.82 Å². The van der Waals surface area contributed by atoms with Gasteiger partial charge < -0.3 is 10.1 Å². The smallest absolute Gasteiger partial charge is 0.258 e. The van der Waals surface area contributed by atoms with Crippen molar-refractivity contribution < 1.29 is 22.3 Å². The quantitative estimate of drug-likeness (QED) is 0.568. The molecule has 174 valence electrons. The van der Waals surface area contributed by atoms with Crippen molar-refractivity contribution in [3.63, 3.8) is 0 Å². The van der Waals surface area contributed by atoms with E-state index in [0.717, 1.165) is 18.2 Å². The molecule has 0 saturated carbocycles. The first-order valence-electron chi connectivity index (χ1n) is 10.5. The number of nitrogens with one attached hydrogen (secondary N) is 2. The minimum atomic E-state index is -3.88. The van der Waals surface area contributed by atoms with Crippen molar-refractivity contribution in [1.29, 1.82) is 0 Å². The summed E-state index contributed by atoms with van der Waals surface area (Å²) < 4.78 is 46.9. The lowest BCUT2D eigenvalue weighted by Crippen LogP contribution is -2.40. The number of anilines is 1. The average molecular weight is 474 g/mol. The second-order valence-corrected chi connectivity index (χ2v) is 9.79. The summed E-state index contributed by atoms with van der Waals surface area (Å²) in [5, 5.41) is 9.74. The Bertz CT molecular complexity index is 1270. The van der Waals surface area contributed by atoms with Crippen molar-refractivity contribution in [2.45, 2.75) is 24.7 Å². The van der Waals surface area contributed by atoms with Gasteiger partial charge in [0.2, 0.25) is 10.0 Å². The fourth-order valence-electron chi connectivity index (χ4n) is 3.40. The van der Waals surface area contributed by atoms with Gasteiger partial charge in [0.1, 0.15) is 11.6 Å². The van der Waals surface area contributed by atoms with Gasteiger partial charge in [-0.3, -0.25) is 9.89 Å². The van der Waals surface area contributed by atoms with E-state index in [1.807, 2.05) is 13.8 Å². The highest BCUT2D eigenvalue weighted by molar-refractivity contribution is 7.89. The van der Waals surface area contributed by atoms with Gasteiger partial charge in [-0.05, 0) is 30.3 Å². The molecule has 1 amide bonds. The van der Waals surface area contributed by atoms with Crippen LogP contribution in [-0.2, 0) is 14.8 Å². The lowest BCUT2D eigenvalue weighted by molar-refractivity contribution is 0.0730. The van der Waals surface area contributed by atoms with Crippen molar-refractivity contribution in [3.05, 3.63) is 59.7 Å². The van der Waals surface area contributed by atoms with Gasteiger partial charge in [0.15, 0.2) is 5.82 Å². The van der Waals surface area contributed by atoms with Gasteiger partial charge in [0, 0.05) is 24.6 Å². The number of carbonyl (C=O) groups excluding carboxylic acids is 1. The third-order valence-electron chi connectivity index (χ3n) is 5.26. The number of ether oxygens (including phenoxy) is 1. The van der Waals surface area contributed by atoms with E-state index in [9.17, 15) is 17.6 Å². The van der Waals surface area contributed by atoms with E-state index < -0.39 is 21.7 Å². The lowest BCUT2D eigenvalue weighted by Gasteiger charge is -2.26. The number of H-pyrrole nitrogens is 1. The Morgan fingerprint density at radius 3 is 2.61 bits per heavy atom. The fraction of sp³-hybridized carbons (Fsp3) is 0.318. The number of benzene rings is 2. The molecule has 2 N–H and O–H groups in total. The predicted octanol–water partition coefficient (Wildman–Crippen LogP) is 3.01. The Balaban J connectivity index is 1.63. The standard InChI is InChI=1S/C22H24FN5O4S/c1-14(2)20-25-21(27-26-20)16-5-3-4-6-19(16)24-22(29)17-13-15(7-8-18(17)23)33(30,31)28-9-11-32-12-10-28/h3-8,13-14H,9-12H2,1-2H3,(H,24,29)(H,25,26,27). The number of hydrogen-bond acceptors (Lipinski definition) is 6. The summed E-state index contributed by atoms with van der Waals surface area (Å²) >= 11 is 0. The van der Waals surface area contributed by atoms with Crippen LogP contribution in [0.15, 0.2) is 47.4 Å². The van der Waals surface area contributed by atoms with Gasteiger partial charge in [-0.1, -0.05) is 26.0 Å². The first-order valence-corrected chi connectivity index (χ1v) is 11.9. The van der Waals surface area contributed by atoms with Gasteiger partial charge in [-0.15, -0.1) is 0 Å². The van der Waals surface area contributed by atoms with Gasteiger partial charge in [0.05, 0.1) is 29.4 Å². The number of hydrogen-bond donors (Lipinski definition) is 2. The minimum absolute atomic E-state index is 0.137. The van der Waals surface area contributed by atoms with E-state index in [-0.39, 0.29) is 42.7 Å². The first-order chi connectivity index (χ1) is 15.8. The number of halogens is 1. The van der Waals surface area contributed by atoms with E-state index in [4.69, 9.17) is 4.74 Å². The normalized spacial score (nSPS) is 15.0. The topological polar surface area (TPSA) is 117 Å². The summed E-state index contributed by atoms with van der Waals surface area (Å²) in [7, 11) is -3.88. The van der Waals surface area contributed by atoms with Gasteiger partial charge in [0.25, 0.3) is 5.91 Å². The second kappa shape index (κ2) is 9.38. The van der Waals surface area contributed by atoms with E-state index in [1.165, 1.54) is 4.31 Å². The van der Waals surface area contributed by atoms with E-state index >= 15 is 0 Å². The van der Waals surface area contributed by atoms with Crippen LogP contribution in [0.5, 0.6) is 0 Å². The summed E-state index contributed by atoms with van der Waals surface area (Å²) in [5.41, 5.74) is 0.543. The number of carbonyl (C=O) groups is 1. The molecule has 9 nitrogen and oxygen atoms in total. The third kappa shape index (κ3) is 4.80. The highest BCUT2D eigenvalue weighted by atomic mass is 32.2. The molecule has 0 unspecified atom stereocenters. The number of amides is 1. The third-order valence-corrected chi connectivity index (χ3v) is 7.15. The molecule has 1 aliphatic rings. The Kier molecular flexibility index (Phi) is 6.54. The number of nitrogens with zero attached hydrogens (tertiary/aromatic N) is 3. The molecule has 0 atom stereocenters. The molecule has 3 aromatic rings. The molecular formula is C22H24FN5O4S. The number of morpholine rings is 1. The molecule has 4 rings (SSSR count). The molecular weight excluding hydrogens is 449 g/mol. The number of aromatic nitrogens is 3. The zero-order valence-corrected chi connectivity index (χ0v) is 19.0. The molecule has 1 aliphatic heterocycles. The highest BCUT2D eigenvalue weighted by Gasteiger charge is 2.28. The summed E-state index contributed by atoms with van der Waals surface area (Å²) in [4.78, 5) is 17.3. The second-order valence-electron chi connectivity index (χ2n) is 7.86. The molecule has 0 bridgehead atoms. The van der Waals surface area contributed by atoms with Gasteiger partial charge in [-0.2, -0.15) is 9.40 Å². The molecule has 0 aliphatic carbocycles. The van der Waals surface area contributed by atoms with Gasteiger partial charge in [-0.25, -0.2) is 17.8 Å². The van der Waals surface area contributed by atoms with Crippen LogP contribution in [0.2, 0.25) is 0 Å². The zero-order chi connectivity index (χ0) is 23.6. The van der Waals surface area contributed by atoms with Crippen LogP contribution in [0.4, 0.5) is 10.1 Å². The lowest BCUT2D eigenvalue weighted by atomic mass is 10.1. The van der Waals surface area contributed by atoms with Crippen molar-refractivity contribution in [1.82, 2.24) is 19.5 Å². The Labute approximate surface area is 191 Å². The Morgan fingerprint density at radius 2 is 1.91 bits per heavy atom. The molecule has 0 radical (unpaired) electrons. The van der Waals surface area contributed by atoms with Crippen LogP contribution in [-0.4, -0.2) is 60.1 Å². The maximum absolute atomic E-state index is 14.5. The number of sulfonamides is 1. The minimum Gasteiger partial charge on any atom is -0.379 e. The molecule has 1 aromatic heterocycles. The summed E-state index contributed by atoms with van der Waals surface area (Å²) in [6, 6.07) is 10.1. The first kappa shape index (κ1) is 23.0. The summed E-state index contributed by atoms with van der Waals surface area (Å²) in [6.45, 7) is 4.90. The van der Waals surface area contributed by atoms with E-state index in [0.29, 0.717) is 22.9 Å². The van der Waals surface area contributed by atoms with E-state index in [2.05, 4.69) is 20.5 Å². The van der Waals surface area contributed by atoms with Crippen LogP contribution in [0.25, 0.3) is 11.4 Å². The van der Waals surface area contributed by atoms with Crippen molar-refractivity contribution in [2.75, 3.05) is 31.6 Å². The SMILES string of the molecule is CC(C)c1nc(-c2ccccc2NC(=O)c2cc(S(=O)(=O)N3CCOCC3)ccc2F)n[nH]1. The van der Waals surface area contributed by atoms with E-state index in [1.54, 1.807) is 24.3 Å². The molecule has 0 spiro atoms. The van der Waals surface area contributed by atoms with Crippen molar-refractivity contribution >= 4 is 21.6 Å². The summed E-state index contributed by atoms with van der Waals surface area (Å²) in [5.74, 6) is -0.389. The largest absolute Gasteiger partial charge is 0.379 e. The van der Waals surface area contributed by atoms with Crippen LogP contribution in [0.1, 0.15) is 35.9 Å². The molecule has 2 heterocycles. The number of para-hydroxylation sites is 1.